The highest BCUT2D eigenvalue weighted by Crippen LogP contribution is 2.26. The van der Waals surface area contributed by atoms with E-state index in [0.29, 0.717) is 17.2 Å². The van der Waals surface area contributed by atoms with E-state index in [1.807, 2.05) is 30.3 Å². The van der Waals surface area contributed by atoms with Gasteiger partial charge in [0.1, 0.15) is 21.8 Å². The van der Waals surface area contributed by atoms with Gasteiger partial charge in [-0.05, 0) is 23.4 Å². The maximum absolute atomic E-state index is 13.0. The van der Waals surface area contributed by atoms with Crippen molar-refractivity contribution in [3.63, 3.8) is 0 Å². The third kappa shape index (κ3) is 5.59. The average molecular weight is 447 g/mol. The predicted octanol–water partition coefficient (Wildman–Crippen LogP) is 3.29. The van der Waals surface area contributed by atoms with Crippen LogP contribution >= 0.6 is 11.3 Å². The first-order chi connectivity index (χ1) is 14.4. The lowest BCUT2D eigenvalue weighted by Crippen LogP contribution is -2.45. The highest BCUT2D eigenvalue weighted by Gasteiger charge is 2.27. The molecule has 158 valence electrons. The summed E-state index contributed by atoms with van der Waals surface area (Å²) in [5, 5.41) is 4.43. The van der Waals surface area contributed by atoms with Crippen LogP contribution in [0.1, 0.15) is 5.56 Å². The number of anilines is 1. The predicted molar refractivity (Wildman–Crippen MR) is 117 cm³/mol. The molecule has 0 saturated heterocycles. The van der Waals surface area contributed by atoms with Gasteiger partial charge in [-0.1, -0.05) is 36.4 Å². The number of amides is 1. The minimum atomic E-state index is -3.84. The molecule has 3 aromatic rings. The Hall–Kier alpha value is -2.88. The summed E-state index contributed by atoms with van der Waals surface area (Å²) in [5.41, 5.74) is 1.26. The minimum absolute atomic E-state index is 0.149. The summed E-state index contributed by atoms with van der Waals surface area (Å²) in [4.78, 5) is 13.0. The molecule has 3 rings (SSSR count). The Bertz CT molecular complexity index is 1060. The van der Waals surface area contributed by atoms with Crippen molar-refractivity contribution in [2.24, 2.45) is 0 Å². The van der Waals surface area contributed by atoms with Crippen LogP contribution in [0.5, 0.6) is 11.5 Å². The molecule has 0 unspecified atom stereocenters. The Kier molecular flexibility index (Phi) is 7.09. The Morgan fingerprint density at radius 1 is 1.00 bits per heavy atom. The highest BCUT2D eigenvalue weighted by atomic mass is 32.2. The molecule has 7 nitrogen and oxygen atoms in total. The zero-order valence-corrected chi connectivity index (χ0v) is 18.1. The summed E-state index contributed by atoms with van der Waals surface area (Å²) in [7, 11) is -0.826. The van der Waals surface area contributed by atoms with Gasteiger partial charge in [0.2, 0.25) is 5.91 Å². The number of thiophene rings is 1. The SMILES string of the molecule is COc1cc(NC(=O)[C@@H](Cc2ccccc2)NS(=O)(=O)c2cccs2)cc(OC)c1. The van der Waals surface area contributed by atoms with Crippen LogP contribution in [-0.2, 0) is 21.2 Å². The van der Waals surface area contributed by atoms with Crippen molar-refractivity contribution < 1.29 is 22.7 Å². The topological polar surface area (TPSA) is 93.7 Å². The minimum Gasteiger partial charge on any atom is -0.497 e. The van der Waals surface area contributed by atoms with Gasteiger partial charge in [-0.15, -0.1) is 11.3 Å². The summed E-state index contributed by atoms with van der Waals surface area (Å²) in [5.74, 6) is 0.515. The fourth-order valence-electron chi connectivity index (χ4n) is 2.81. The van der Waals surface area contributed by atoms with E-state index in [1.165, 1.54) is 20.3 Å². The van der Waals surface area contributed by atoms with Crippen molar-refractivity contribution in [3.05, 3.63) is 71.6 Å². The monoisotopic (exact) mass is 446 g/mol. The molecule has 9 heteroatoms. The normalized spacial score (nSPS) is 12.2. The number of nitrogens with one attached hydrogen (secondary N) is 2. The lowest BCUT2D eigenvalue weighted by atomic mass is 10.1. The van der Waals surface area contributed by atoms with E-state index in [9.17, 15) is 13.2 Å². The van der Waals surface area contributed by atoms with Crippen molar-refractivity contribution in [3.8, 4) is 11.5 Å². The maximum atomic E-state index is 13.0. The first kappa shape index (κ1) is 21.8. The number of rotatable bonds is 9. The van der Waals surface area contributed by atoms with Gasteiger partial charge in [0.15, 0.2) is 0 Å². The molecule has 30 heavy (non-hydrogen) atoms. The van der Waals surface area contributed by atoms with Crippen LogP contribution < -0.4 is 19.5 Å². The van der Waals surface area contributed by atoms with Crippen LogP contribution in [0.3, 0.4) is 0 Å². The van der Waals surface area contributed by atoms with Gasteiger partial charge in [-0.25, -0.2) is 8.42 Å². The van der Waals surface area contributed by atoms with Gasteiger partial charge >= 0.3 is 0 Å². The highest BCUT2D eigenvalue weighted by molar-refractivity contribution is 7.91. The van der Waals surface area contributed by atoms with E-state index in [4.69, 9.17) is 9.47 Å². The number of ether oxygens (including phenoxy) is 2. The van der Waals surface area contributed by atoms with Gasteiger partial charge < -0.3 is 14.8 Å². The van der Waals surface area contributed by atoms with E-state index < -0.39 is 22.0 Å². The summed E-state index contributed by atoms with van der Waals surface area (Å²) in [6, 6.07) is 16.3. The first-order valence-electron chi connectivity index (χ1n) is 9.05. The molecule has 1 amide bonds. The van der Waals surface area contributed by atoms with Crippen LogP contribution in [0.4, 0.5) is 5.69 Å². The average Bonchev–Trinajstić information content (AvgIpc) is 3.29. The van der Waals surface area contributed by atoms with Gasteiger partial charge in [0.05, 0.1) is 14.2 Å². The number of hydrogen-bond donors (Lipinski definition) is 2. The van der Waals surface area contributed by atoms with Gasteiger partial charge in [0.25, 0.3) is 10.0 Å². The number of benzene rings is 2. The van der Waals surface area contributed by atoms with E-state index >= 15 is 0 Å². The zero-order chi connectivity index (χ0) is 21.6. The molecule has 2 N–H and O–H groups in total. The van der Waals surface area contributed by atoms with Gasteiger partial charge in [-0.3, -0.25) is 4.79 Å². The maximum Gasteiger partial charge on any atom is 0.250 e. The Morgan fingerprint density at radius 2 is 1.67 bits per heavy atom. The van der Waals surface area contributed by atoms with Crippen molar-refractivity contribution in [2.75, 3.05) is 19.5 Å². The van der Waals surface area contributed by atoms with Gasteiger partial charge in [-0.2, -0.15) is 4.72 Å². The fourth-order valence-corrected chi connectivity index (χ4v) is 5.01. The van der Waals surface area contributed by atoms with Crippen molar-refractivity contribution in [1.29, 1.82) is 0 Å². The van der Waals surface area contributed by atoms with E-state index in [2.05, 4.69) is 10.0 Å². The van der Waals surface area contributed by atoms with Crippen LogP contribution in [0, 0.1) is 0 Å². The summed E-state index contributed by atoms with van der Waals surface area (Å²) < 4.78 is 38.6. The molecule has 0 aliphatic heterocycles. The Balaban J connectivity index is 1.86. The van der Waals surface area contributed by atoms with E-state index in [0.717, 1.165) is 16.9 Å². The molecule has 0 fully saturated rings. The van der Waals surface area contributed by atoms with Crippen LogP contribution in [-0.4, -0.2) is 34.6 Å². The zero-order valence-electron chi connectivity index (χ0n) is 16.5. The molecule has 1 heterocycles. The number of carbonyl (C=O) groups is 1. The molecule has 2 aromatic carbocycles. The molecule has 0 aliphatic carbocycles. The Labute approximate surface area is 179 Å². The summed E-state index contributed by atoms with van der Waals surface area (Å²) in [6.45, 7) is 0. The van der Waals surface area contributed by atoms with Crippen LogP contribution in [0.2, 0.25) is 0 Å². The first-order valence-corrected chi connectivity index (χ1v) is 11.4. The molecule has 0 bridgehead atoms. The molecule has 0 saturated carbocycles. The van der Waals surface area contributed by atoms with Crippen molar-refractivity contribution in [1.82, 2.24) is 4.72 Å². The number of methoxy groups -OCH3 is 2. The second-order valence-corrected chi connectivity index (χ2v) is 9.27. The Morgan fingerprint density at radius 3 is 2.23 bits per heavy atom. The summed E-state index contributed by atoms with van der Waals surface area (Å²) in [6.07, 6.45) is 0.193. The molecular weight excluding hydrogens is 424 g/mol. The van der Waals surface area contributed by atoms with Crippen LogP contribution in [0.25, 0.3) is 0 Å². The fraction of sp³-hybridized carbons (Fsp3) is 0.190. The quantitative estimate of drug-likeness (QED) is 0.526. The van der Waals surface area contributed by atoms with E-state index in [-0.39, 0.29) is 10.6 Å². The largest absolute Gasteiger partial charge is 0.497 e. The third-order valence-electron chi connectivity index (χ3n) is 4.28. The molecule has 1 atom stereocenters. The molecule has 0 radical (unpaired) electrons. The number of carbonyl (C=O) groups excluding carboxylic acids is 1. The second kappa shape index (κ2) is 9.75. The van der Waals surface area contributed by atoms with Crippen molar-refractivity contribution >= 4 is 33.0 Å². The van der Waals surface area contributed by atoms with Crippen molar-refractivity contribution in [2.45, 2.75) is 16.7 Å². The third-order valence-corrected chi connectivity index (χ3v) is 7.14. The molecular formula is C21H22N2O5S2. The standard InChI is InChI=1S/C21H22N2O5S2/c1-27-17-12-16(13-18(14-17)28-2)22-21(24)19(11-15-7-4-3-5-8-15)23-30(25,26)20-9-6-10-29-20/h3-10,12-14,19,23H,11H2,1-2H3,(H,22,24)/t19-/m1/s1. The molecule has 0 spiro atoms. The number of sulfonamides is 1. The van der Waals surface area contributed by atoms with Crippen LogP contribution in [0.15, 0.2) is 70.3 Å². The smallest absolute Gasteiger partial charge is 0.250 e. The van der Waals surface area contributed by atoms with Gasteiger partial charge in [0, 0.05) is 23.9 Å². The van der Waals surface area contributed by atoms with E-state index in [1.54, 1.807) is 29.6 Å². The number of hydrogen-bond acceptors (Lipinski definition) is 6. The second-order valence-electron chi connectivity index (χ2n) is 6.39. The molecule has 1 aromatic heterocycles. The molecule has 0 aliphatic rings. The lowest BCUT2D eigenvalue weighted by molar-refractivity contribution is -0.117. The lowest BCUT2D eigenvalue weighted by Gasteiger charge is -2.19. The summed E-state index contributed by atoms with van der Waals surface area (Å²) >= 11 is 1.09.